The Balaban J connectivity index is 0.000000126. The first kappa shape index (κ1) is 60.3. The first-order valence-electron chi connectivity index (χ1n) is 28.8. The smallest absolute Gasteiger partial charge is 0.317 e. The maximum atomic E-state index is 13.2. The number of hydrazine groups is 1. The number of carboxylic acid groups (broad SMARTS) is 2. The van der Waals surface area contributed by atoms with Gasteiger partial charge in [-0.1, -0.05) is 108 Å². The van der Waals surface area contributed by atoms with E-state index in [9.17, 15) is 59.4 Å². The van der Waals surface area contributed by atoms with Crippen LogP contribution in [0, 0.1) is 87.8 Å². The fraction of sp³-hybridized carbons (Fsp3) is 0.590. The SMILES string of the molecule is CC1(C)C2CCC1(C(=O)O)C(=O)C2.Cc1ccc(S(=O)(=O)N/N=C2\CC3CCC2(C(=O)O)C3(C)C)cc1.Cc1ccc(S(=O)(=O)N2N=C3CC4CCC3(C2=O)C4(C)C)cc1.Cc1ccc(S(=O)(=O)N2NC3CC4CCC3(C2=O)C4(C)C)cc1. The van der Waals surface area contributed by atoms with Crippen LogP contribution in [0.3, 0.4) is 0 Å². The van der Waals surface area contributed by atoms with E-state index in [2.05, 4.69) is 48.2 Å². The fourth-order valence-electron chi connectivity index (χ4n) is 17.1. The number of Topliss-reactive ketones (excluding diaryl/α,β-unsaturated/α-hetero) is 1. The fourth-order valence-corrected chi connectivity index (χ4v) is 20.5. The zero-order valence-corrected chi connectivity index (χ0v) is 51.6. The number of rotatable bonds is 9. The molecule has 9 atom stereocenters. The molecule has 4 N–H and O–H groups in total. The molecule has 2 amide bonds. The third kappa shape index (κ3) is 8.34. The number of hydrazone groups is 2. The summed E-state index contributed by atoms with van der Waals surface area (Å²) in [6.45, 7) is 21.8. The molecule has 9 unspecified atom stereocenters. The Morgan fingerprint density at radius 1 is 0.566 bits per heavy atom. The van der Waals surface area contributed by atoms with Crippen molar-refractivity contribution < 1.29 is 59.4 Å². The van der Waals surface area contributed by atoms with Crippen molar-refractivity contribution in [1.29, 1.82) is 0 Å². The summed E-state index contributed by atoms with van der Waals surface area (Å²) in [4.78, 5) is 63.7. The lowest BCUT2D eigenvalue weighted by Crippen LogP contribution is -2.45. The van der Waals surface area contributed by atoms with Gasteiger partial charge in [0.1, 0.15) is 10.8 Å². The summed E-state index contributed by atoms with van der Waals surface area (Å²) >= 11 is 0. The Morgan fingerprint density at radius 3 is 1.46 bits per heavy atom. The number of benzene rings is 3. The number of sulfonamides is 3. The van der Waals surface area contributed by atoms with Crippen LogP contribution >= 0.6 is 0 Å². The summed E-state index contributed by atoms with van der Waals surface area (Å²) in [5.74, 6) is -1.09. The van der Waals surface area contributed by atoms with Crippen molar-refractivity contribution in [3.63, 3.8) is 0 Å². The molecule has 2 heterocycles. The number of carboxylic acids is 2. The zero-order valence-electron chi connectivity index (χ0n) is 49.2. The molecule has 0 radical (unpaired) electrons. The van der Waals surface area contributed by atoms with E-state index in [0.29, 0.717) is 49.7 Å². The second-order valence-corrected chi connectivity index (χ2v) is 32.6. The van der Waals surface area contributed by atoms with E-state index in [1.165, 1.54) is 24.3 Å². The van der Waals surface area contributed by atoms with Crippen LogP contribution in [0.5, 0.6) is 0 Å². The summed E-state index contributed by atoms with van der Waals surface area (Å²) in [6.07, 6.45) is 8.85. The standard InChI is InChI=1S/C17H22N2O4S.C17H22N2O3S.C17H20N2O3S.C10H14O3/c1-11-4-6-13(7-5-11)24(22,23)19-18-14-10-12-8-9-17(14,15(20)21)16(12,2)3;2*1-11-4-6-13(7-5-11)23(21,22)19-15(20)17-9-8-12(16(17,2)3)10-14(17)18-19;1-9(2)6-3-4-10(9,8(12)13)7(11)5-6/h4-7,12,19H,8-10H2,1-3H3,(H,20,21);4-7,12,14,18H,8-10H2,1-3H3;4-7,12H,8-10H2,1-3H3;6H,3-5H2,1-2H3,(H,12,13)/b18-14+;;;. The maximum Gasteiger partial charge on any atom is 0.317 e. The topological polar surface area (TPSA) is 283 Å². The van der Waals surface area contributed by atoms with Crippen LogP contribution in [0.25, 0.3) is 0 Å². The van der Waals surface area contributed by atoms with Gasteiger partial charge < -0.3 is 10.2 Å². The molecule has 1 saturated heterocycles. The number of aliphatic carboxylic acids is 2. The van der Waals surface area contributed by atoms with Gasteiger partial charge in [0.05, 0.1) is 36.9 Å². The Hall–Kier alpha value is -5.84. The highest BCUT2D eigenvalue weighted by Crippen LogP contribution is 2.70. The molecule has 19 nitrogen and oxygen atoms in total. The van der Waals surface area contributed by atoms with E-state index < -0.39 is 69.1 Å². The Morgan fingerprint density at radius 2 is 1.02 bits per heavy atom. The van der Waals surface area contributed by atoms with Gasteiger partial charge in [0.15, 0.2) is 5.78 Å². The second kappa shape index (κ2) is 19.6. The van der Waals surface area contributed by atoms with Gasteiger partial charge in [-0.15, -0.1) is 4.41 Å². The van der Waals surface area contributed by atoms with Crippen LogP contribution in [-0.2, 0) is 54.0 Å². The number of nitrogens with one attached hydrogen (secondary N) is 2. The molecule has 83 heavy (non-hydrogen) atoms. The summed E-state index contributed by atoms with van der Waals surface area (Å²) in [5.41, 5.74) is 2.59. The number of hydrogen-bond donors (Lipinski definition) is 4. The number of carbonyl (C=O) groups is 5. The van der Waals surface area contributed by atoms with Crippen LogP contribution in [0.2, 0.25) is 0 Å². The largest absolute Gasteiger partial charge is 0.481 e. The predicted octanol–water partition coefficient (Wildman–Crippen LogP) is 8.94. The predicted molar refractivity (Wildman–Crippen MR) is 308 cm³/mol. The molecular weight excluding hydrogens is 1120 g/mol. The number of carbonyl (C=O) groups excluding carboxylic acids is 3. The highest BCUT2D eigenvalue weighted by Gasteiger charge is 2.74. The van der Waals surface area contributed by atoms with E-state index in [1.54, 1.807) is 48.5 Å². The van der Waals surface area contributed by atoms with Gasteiger partial charge in [0.25, 0.3) is 41.9 Å². The molecule has 8 bridgehead atoms. The maximum absolute atomic E-state index is 13.2. The highest BCUT2D eigenvalue weighted by molar-refractivity contribution is 7.90. The van der Waals surface area contributed by atoms with Crippen molar-refractivity contribution in [2.24, 2.45) is 77.2 Å². The molecule has 2 spiro atoms. The van der Waals surface area contributed by atoms with Gasteiger partial charge in [-0.05, 0) is 173 Å². The summed E-state index contributed by atoms with van der Waals surface area (Å²) in [6, 6.07) is 19.5. The molecular formula is C61H78N6O13S3. The van der Waals surface area contributed by atoms with E-state index >= 15 is 0 Å². The zero-order chi connectivity index (χ0) is 60.8. The Bertz CT molecular complexity index is 3650. The van der Waals surface area contributed by atoms with Gasteiger partial charge in [-0.25, -0.2) is 10.3 Å². The first-order chi connectivity index (χ1) is 38.5. The average molecular weight is 1200 g/mol. The van der Waals surface area contributed by atoms with Crippen LogP contribution in [0.1, 0.15) is 149 Å². The van der Waals surface area contributed by atoms with Crippen LogP contribution in [-0.4, -0.2) is 91.3 Å². The Labute approximate surface area is 487 Å². The molecule has 0 aromatic heterocycles. The molecule has 3 aromatic carbocycles. The molecule has 9 fully saturated rings. The Kier molecular flexibility index (Phi) is 14.2. The van der Waals surface area contributed by atoms with Crippen molar-refractivity contribution in [3.05, 3.63) is 89.5 Å². The van der Waals surface area contributed by atoms with Crippen LogP contribution in [0.15, 0.2) is 97.7 Å². The van der Waals surface area contributed by atoms with Crippen molar-refractivity contribution >= 4 is 71.0 Å². The van der Waals surface area contributed by atoms with E-state index in [4.69, 9.17) is 0 Å². The number of aryl methyl sites for hydroxylation is 3. The molecule has 13 rings (SSSR count). The van der Waals surface area contributed by atoms with Crippen molar-refractivity contribution in [2.75, 3.05) is 0 Å². The van der Waals surface area contributed by atoms with E-state index in [-0.39, 0.29) is 66.4 Å². The molecule has 10 aliphatic rings. The van der Waals surface area contributed by atoms with Gasteiger partial charge in [0.2, 0.25) is 0 Å². The molecule has 22 heteroatoms. The molecule has 2 aliphatic heterocycles. The number of nitrogens with zero attached hydrogens (tertiary/aromatic N) is 4. The second-order valence-electron chi connectivity index (χ2n) is 27.3. The minimum absolute atomic E-state index is 0.0544. The third-order valence-electron chi connectivity index (χ3n) is 23.0. The lowest BCUT2D eigenvalue weighted by atomic mass is 9.68. The number of hydrogen-bond acceptors (Lipinski definition) is 14. The molecule has 8 saturated carbocycles. The molecule has 448 valence electrons. The first-order valence-corrected chi connectivity index (χ1v) is 33.1. The third-order valence-corrected chi connectivity index (χ3v) is 27.4. The minimum atomic E-state index is -3.93. The quantitative estimate of drug-likeness (QED) is 0.115. The minimum Gasteiger partial charge on any atom is -0.481 e. The number of amides is 2. The van der Waals surface area contributed by atoms with Crippen LogP contribution in [0.4, 0.5) is 0 Å². The molecule has 8 aliphatic carbocycles. The summed E-state index contributed by atoms with van der Waals surface area (Å²) < 4.78 is 78.0. The van der Waals surface area contributed by atoms with Crippen molar-refractivity contribution in [2.45, 2.75) is 174 Å². The van der Waals surface area contributed by atoms with Gasteiger partial charge in [-0.2, -0.15) is 39.9 Å². The lowest BCUT2D eigenvalue weighted by Gasteiger charge is -2.34. The monoisotopic (exact) mass is 1200 g/mol. The number of ketones is 1. The van der Waals surface area contributed by atoms with Crippen molar-refractivity contribution in [1.82, 2.24) is 19.1 Å². The lowest BCUT2D eigenvalue weighted by molar-refractivity contribution is -0.158. The van der Waals surface area contributed by atoms with Gasteiger partial charge >= 0.3 is 11.9 Å². The molecule has 3 aromatic rings. The normalized spacial score (nSPS) is 33.4. The number of fused-ring (bicyclic) bond motifs is 6. The van der Waals surface area contributed by atoms with Gasteiger partial charge in [0, 0.05) is 12.5 Å². The van der Waals surface area contributed by atoms with E-state index in [0.717, 1.165) is 76.2 Å². The van der Waals surface area contributed by atoms with E-state index in [1.807, 2.05) is 48.5 Å². The van der Waals surface area contributed by atoms with Gasteiger partial charge in [-0.3, -0.25) is 24.0 Å². The van der Waals surface area contributed by atoms with Crippen LogP contribution < -0.4 is 10.3 Å². The average Bonchev–Trinajstić information content (AvgIpc) is 1.60. The summed E-state index contributed by atoms with van der Waals surface area (Å²) in [7, 11) is -11.6. The van der Waals surface area contributed by atoms with Crippen molar-refractivity contribution in [3.8, 4) is 0 Å². The summed E-state index contributed by atoms with van der Waals surface area (Å²) in [5, 5.41) is 27.3. The highest BCUT2D eigenvalue weighted by atomic mass is 32.2.